The lowest BCUT2D eigenvalue weighted by molar-refractivity contribution is -0.116. The highest BCUT2D eigenvalue weighted by Crippen LogP contribution is 2.27. The molecule has 136 valence electrons. The summed E-state index contributed by atoms with van der Waals surface area (Å²) in [5.41, 5.74) is 2.54. The van der Waals surface area contributed by atoms with Crippen molar-refractivity contribution in [2.75, 3.05) is 18.0 Å². The van der Waals surface area contributed by atoms with E-state index < -0.39 is 0 Å². The summed E-state index contributed by atoms with van der Waals surface area (Å²) in [6.07, 6.45) is 1.62. The van der Waals surface area contributed by atoms with Crippen LogP contribution in [0.4, 0.5) is 10.1 Å². The number of benzene rings is 2. The smallest absolute Gasteiger partial charge is 0.134 e. The quantitative estimate of drug-likeness (QED) is 0.760. The first-order valence-corrected chi connectivity index (χ1v) is 8.95. The molecule has 1 aliphatic heterocycles. The van der Waals surface area contributed by atoms with Gasteiger partial charge in [0, 0.05) is 25.2 Å². The van der Waals surface area contributed by atoms with Crippen LogP contribution in [0.3, 0.4) is 0 Å². The van der Waals surface area contributed by atoms with Gasteiger partial charge in [0.05, 0.1) is 10.6 Å². The molecule has 2 aromatic rings. The maximum atomic E-state index is 12.3. The van der Waals surface area contributed by atoms with Crippen LogP contribution in [-0.4, -0.2) is 18.9 Å². The average molecular weight is 373 g/mol. The number of rotatable bonds is 3. The van der Waals surface area contributed by atoms with E-state index in [1.807, 2.05) is 12.1 Å². The average Bonchev–Trinajstić information content (AvgIpc) is 3.03. The van der Waals surface area contributed by atoms with Crippen molar-refractivity contribution in [2.45, 2.75) is 26.7 Å². The first kappa shape index (κ1) is 19.9. The molecule has 0 N–H and O–H groups in total. The summed E-state index contributed by atoms with van der Waals surface area (Å²) >= 11 is 6.00. The SMILES string of the molecule is CC(=O)Cc1ccc(F)cc1.C[C@@H]1CCN(c2ccc(C#N)c(Cl)c2)C1. The van der Waals surface area contributed by atoms with Crippen LogP contribution in [0.5, 0.6) is 0 Å². The molecule has 3 rings (SSSR count). The molecule has 1 atom stereocenters. The molecule has 0 aromatic heterocycles. The fourth-order valence-electron chi connectivity index (χ4n) is 2.85. The molecule has 26 heavy (non-hydrogen) atoms. The van der Waals surface area contributed by atoms with Gasteiger partial charge >= 0.3 is 0 Å². The molecule has 3 nitrogen and oxygen atoms in total. The molecule has 0 bridgehead atoms. The lowest BCUT2D eigenvalue weighted by Gasteiger charge is -2.18. The van der Waals surface area contributed by atoms with Crippen molar-refractivity contribution in [3.05, 3.63) is 64.4 Å². The van der Waals surface area contributed by atoms with Crippen molar-refractivity contribution in [2.24, 2.45) is 5.92 Å². The maximum absolute atomic E-state index is 12.3. The summed E-state index contributed by atoms with van der Waals surface area (Å²) in [4.78, 5) is 12.9. The van der Waals surface area contributed by atoms with E-state index in [1.54, 1.807) is 18.2 Å². The minimum atomic E-state index is -0.266. The van der Waals surface area contributed by atoms with Crippen LogP contribution >= 0.6 is 11.6 Å². The minimum Gasteiger partial charge on any atom is -0.371 e. The third kappa shape index (κ3) is 5.86. The Balaban J connectivity index is 0.000000197. The Labute approximate surface area is 159 Å². The second-order valence-corrected chi connectivity index (χ2v) is 7.03. The van der Waals surface area contributed by atoms with Gasteiger partial charge in [0.2, 0.25) is 0 Å². The predicted molar refractivity (Wildman–Crippen MR) is 103 cm³/mol. The summed E-state index contributed by atoms with van der Waals surface area (Å²) < 4.78 is 12.3. The molecule has 0 amide bonds. The Bertz CT molecular complexity index is 799. The van der Waals surface area contributed by atoms with Gasteiger partial charge in [0.15, 0.2) is 0 Å². The predicted octanol–water partition coefficient (Wildman–Crippen LogP) is 5.02. The number of ketones is 1. The summed E-state index contributed by atoms with van der Waals surface area (Å²) in [7, 11) is 0. The molecule has 0 unspecified atom stereocenters. The van der Waals surface area contributed by atoms with Gasteiger partial charge in [0.1, 0.15) is 17.7 Å². The van der Waals surface area contributed by atoms with E-state index in [4.69, 9.17) is 16.9 Å². The molecule has 0 spiro atoms. The Morgan fingerprint density at radius 1 is 1.31 bits per heavy atom. The minimum absolute atomic E-state index is 0.0941. The highest BCUT2D eigenvalue weighted by atomic mass is 35.5. The van der Waals surface area contributed by atoms with E-state index in [1.165, 1.54) is 25.5 Å². The summed E-state index contributed by atoms with van der Waals surface area (Å²) in [5.74, 6) is 0.577. The van der Waals surface area contributed by atoms with Crippen molar-refractivity contribution < 1.29 is 9.18 Å². The highest BCUT2D eigenvalue weighted by molar-refractivity contribution is 6.32. The van der Waals surface area contributed by atoms with Crippen molar-refractivity contribution in [1.29, 1.82) is 5.26 Å². The van der Waals surface area contributed by atoms with Gasteiger partial charge in [-0.05, 0) is 55.2 Å². The zero-order valence-electron chi connectivity index (χ0n) is 15.0. The third-order valence-electron chi connectivity index (χ3n) is 4.23. The Hall–Kier alpha value is -2.38. The lowest BCUT2D eigenvalue weighted by atomic mass is 10.1. The van der Waals surface area contributed by atoms with E-state index in [0.29, 0.717) is 17.0 Å². The summed E-state index contributed by atoms with van der Waals surface area (Å²) in [6.45, 7) is 5.94. The molecule has 0 saturated carbocycles. The normalized spacial score (nSPS) is 15.8. The van der Waals surface area contributed by atoms with E-state index >= 15 is 0 Å². The zero-order chi connectivity index (χ0) is 19.1. The van der Waals surface area contributed by atoms with Gasteiger partial charge in [-0.1, -0.05) is 30.7 Å². The van der Waals surface area contributed by atoms with Crippen LogP contribution in [-0.2, 0) is 11.2 Å². The topological polar surface area (TPSA) is 44.1 Å². The fourth-order valence-corrected chi connectivity index (χ4v) is 3.07. The van der Waals surface area contributed by atoms with Gasteiger partial charge in [-0.25, -0.2) is 4.39 Å². The monoisotopic (exact) mass is 372 g/mol. The second kappa shape index (κ2) is 9.35. The second-order valence-electron chi connectivity index (χ2n) is 6.62. The summed E-state index contributed by atoms with van der Waals surface area (Å²) in [5, 5.41) is 9.32. The molecule has 0 radical (unpaired) electrons. The first-order valence-electron chi connectivity index (χ1n) is 8.57. The molecule has 1 heterocycles. The number of hydrogen-bond acceptors (Lipinski definition) is 3. The number of nitriles is 1. The molecule has 1 fully saturated rings. The standard InChI is InChI=1S/C12H13ClN2.C9H9FO/c1-9-4-5-15(8-9)11-3-2-10(7-14)12(13)6-11;1-7(11)6-8-2-4-9(10)5-3-8/h2-3,6,9H,4-5,8H2,1H3;2-5H,6H2,1H3/t9-;/m1./s1. The number of anilines is 1. The molecule has 2 aromatic carbocycles. The molecule has 5 heteroatoms. The molecule has 1 saturated heterocycles. The molecule has 1 aliphatic rings. The van der Waals surface area contributed by atoms with E-state index in [9.17, 15) is 9.18 Å². The lowest BCUT2D eigenvalue weighted by Crippen LogP contribution is -2.18. The van der Waals surface area contributed by atoms with Gasteiger partial charge in [-0.2, -0.15) is 5.26 Å². The van der Waals surface area contributed by atoms with E-state index in [-0.39, 0.29) is 11.6 Å². The molecular weight excluding hydrogens is 351 g/mol. The van der Waals surface area contributed by atoms with Crippen molar-refractivity contribution >= 4 is 23.1 Å². The Kier molecular flexibility index (Phi) is 7.17. The van der Waals surface area contributed by atoms with Crippen molar-refractivity contribution in [1.82, 2.24) is 0 Å². The number of halogens is 2. The van der Waals surface area contributed by atoms with E-state index in [2.05, 4.69) is 17.9 Å². The Morgan fingerprint density at radius 2 is 2.00 bits per heavy atom. The third-order valence-corrected chi connectivity index (χ3v) is 4.54. The van der Waals surface area contributed by atoms with Crippen LogP contribution in [0, 0.1) is 23.1 Å². The maximum Gasteiger partial charge on any atom is 0.134 e. The van der Waals surface area contributed by atoms with Crippen LogP contribution in [0.2, 0.25) is 5.02 Å². The summed E-state index contributed by atoms with van der Waals surface area (Å²) in [6, 6.07) is 13.7. The van der Waals surface area contributed by atoms with Crippen LogP contribution in [0.15, 0.2) is 42.5 Å². The number of carbonyl (C=O) groups excluding carboxylic acids is 1. The Morgan fingerprint density at radius 3 is 2.50 bits per heavy atom. The molecule has 0 aliphatic carbocycles. The van der Waals surface area contributed by atoms with Gasteiger partial charge < -0.3 is 4.90 Å². The number of Topliss-reactive ketones (excluding diaryl/α,β-unsaturated/α-hetero) is 1. The van der Waals surface area contributed by atoms with Gasteiger partial charge in [-0.15, -0.1) is 0 Å². The number of hydrogen-bond donors (Lipinski definition) is 0. The number of nitrogens with zero attached hydrogens (tertiary/aromatic N) is 2. The van der Waals surface area contributed by atoms with Crippen LogP contribution < -0.4 is 4.90 Å². The number of carbonyl (C=O) groups is 1. The fraction of sp³-hybridized carbons (Fsp3) is 0.333. The van der Waals surface area contributed by atoms with Crippen LogP contribution in [0.1, 0.15) is 31.4 Å². The zero-order valence-corrected chi connectivity index (χ0v) is 15.8. The van der Waals surface area contributed by atoms with Crippen molar-refractivity contribution in [3.63, 3.8) is 0 Å². The van der Waals surface area contributed by atoms with Gasteiger partial charge in [0.25, 0.3) is 0 Å². The highest BCUT2D eigenvalue weighted by Gasteiger charge is 2.19. The van der Waals surface area contributed by atoms with Crippen molar-refractivity contribution in [3.8, 4) is 6.07 Å². The van der Waals surface area contributed by atoms with Crippen LogP contribution in [0.25, 0.3) is 0 Å². The largest absolute Gasteiger partial charge is 0.371 e. The van der Waals surface area contributed by atoms with E-state index in [0.717, 1.165) is 30.3 Å². The first-order chi connectivity index (χ1) is 12.4. The molecular formula is C21H22ClFN2O. The van der Waals surface area contributed by atoms with Gasteiger partial charge in [-0.3, -0.25) is 4.79 Å².